The molecule has 0 radical (unpaired) electrons. The van der Waals surface area contributed by atoms with Crippen molar-refractivity contribution >= 4 is 45.0 Å². The van der Waals surface area contributed by atoms with Crippen LogP contribution in [-0.2, 0) is 4.79 Å². The molecule has 4 heterocycles. The van der Waals surface area contributed by atoms with Crippen LogP contribution in [0.25, 0.3) is 21.3 Å². The topological polar surface area (TPSA) is 62.2 Å². The van der Waals surface area contributed by atoms with Crippen molar-refractivity contribution in [3.8, 4) is 11.1 Å². The SMILES string of the molecule is Cc1ccc(-c2csc3ncnc(SCC(=O)N4CCN(c5ccccn5)CC4)c23)cc1. The Labute approximate surface area is 195 Å². The first-order valence-electron chi connectivity index (χ1n) is 10.5. The molecule has 1 fully saturated rings. The minimum absolute atomic E-state index is 0.148. The van der Waals surface area contributed by atoms with Gasteiger partial charge in [-0.2, -0.15) is 0 Å². The number of benzene rings is 1. The minimum Gasteiger partial charge on any atom is -0.353 e. The Morgan fingerprint density at radius 2 is 1.84 bits per heavy atom. The molecular formula is C24H23N5OS2. The van der Waals surface area contributed by atoms with Gasteiger partial charge in [0.25, 0.3) is 0 Å². The molecule has 0 atom stereocenters. The molecule has 0 spiro atoms. The first-order chi connectivity index (χ1) is 15.7. The predicted molar refractivity (Wildman–Crippen MR) is 131 cm³/mol. The standard InChI is InChI=1S/C24H23N5OS2/c1-17-5-7-18(8-6-17)19-14-31-23-22(19)24(27-16-26-23)32-15-21(30)29-12-10-28(11-13-29)20-4-2-3-9-25-20/h2-9,14,16H,10-13,15H2,1H3. The van der Waals surface area contributed by atoms with Gasteiger partial charge >= 0.3 is 0 Å². The number of carbonyl (C=O) groups excluding carboxylic acids is 1. The lowest BCUT2D eigenvalue weighted by Crippen LogP contribution is -2.49. The fourth-order valence-electron chi connectivity index (χ4n) is 3.85. The Balaban J connectivity index is 1.27. The Morgan fingerprint density at radius 3 is 2.59 bits per heavy atom. The number of aromatic nitrogens is 3. The maximum Gasteiger partial charge on any atom is 0.233 e. The van der Waals surface area contributed by atoms with E-state index in [1.54, 1.807) is 23.9 Å². The number of amides is 1. The van der Waals surface area contributed by atoms with Gasteiger partial charge in [0, 0.05) is 43.3 Å². The molecule has 0 unspecified atom stereocenters. The number of fused-ring (bicyclic) bond motifs is 1. The fourth-order valence-corrected chi connectivity index (χ4v) is 5.75. The average Bonchev–Trinajstić information content (AvgIpc) is 3.28. The highest BCUT2D eigenvalue weighted by molar-refractivity contribution is 8.00. The molecule has 0 bridgehead atoms. The van der Waals surface area contributed by atoms with Gasteiger partial charge in [-0.3, -0.25) is 4.79 Å². The van der Waals surface area contributed by atoms with Gasteiger partial charge in [0.15, 0.2) is 0 Å². The van der Waals surface area contributed by atoms with Gasteiger partial charge in [-0.25, -0.2) is 15.0 Å². The van der Waals surface area contributed by atoms with Crippen LogP contribution in [0.15, 0.2) is 65.4 Å². The highest BCUT2D eigenvalue weighted by atomic mass is 32.2. The Hall–Kier alpha value is -2.97. The second-order valence-electron chi connectivity index (χ2n) is 7.72. The third-order valence-corrected chi connectivity index (χ3v) is 7.50. The smallest absolute Gasteiger partial charge is 0.233 e. The Kier molecular flexibility index (Phi) is 6.05. The van der Waals surface area contributed by atoms with E-state index in [9.17, 15) is 4.79 Å². The molecule has 4 aromatic rings. The number of carbonyl (C=O) groups is 1. The van der Waals surface area contributed by atoms with Crippen LogP contribution in [0.5, 0.6) is 0 Å². The van der Waals surface area contributed by atoms with Crippen molar-refractivity contribution in [1.82, 2.24) is 19.9 Å². The van der Waals surface area contributed by atoms with Crippen LogP contribution in [0.1, 0.15) is 5.56 Å². The van der Waals surface area contributed by atoms with Crippen LogP contribution in [-0.4, -0.2) is 57.7 Å². The molecule has 3 aromatic heterocycles. The maximum atomic E-state index is 12.9. The summed E-state index contributed by atoms with van der Waals surface area (Å²) in [5.74, 6) is 1.49. The van der Waals surface area contributed by atoms with E-state index < -0.39 is 0 Å². The Morgan fingerprint density at radius 1 is 1.03 bits per heavy atom. The summed E-state index contributed by atoms with van der Waals surface area (Å²) in [6.07, 6.45) is 3.40. The molecule has 6 nitrogen and oxygen atoms in total. The largest absolute Gasteiger partial charge is 0.353 e. The minimum atomic E-state index is 0.148. The van der Waals surface area contributed by atoms with E-state index in [2.05, 4.69) is 56.4 Å². The van der Waals surface area contributed by atoms with Crippen molar-refractivity contribution in [3.63, 3.8) is 0 Å². The first-order valence-corrected chi connectivity index (χ1v) is 12.4. The third kappa shape index (κ3) is 4.33. The van der Waals surface area contributed by atoms with Gasteiger partial charge < -0.3 is 9.80 Å². The summed E-state index contributed by atoms with van der Waals surface area (Å²) in [5.41, 5.74) is 3.51. The summed E-state index contributed by atoms with van der Waals surface area (Å²) in [4.78, 5) is 31.4. The lowest BCUT2D eigenvalue weighted by Gasteiger charge is -2.35. The summed E-state index contributed by atoms with van der Waals surface area (Å²) in [6, 6.07) is 14.4. The molecule has 1 aromatic carbocycles. The molecule has 5 rings (SSSR count). The van der Waals surface area contributed by atoms with E-state index in [0.717, 1.165) is 45.3 Å². The number of thiophene rings is 1. The molecule has 8 heteroatoms. The van der Waals surface area contributed by atoms with Crippen LogP contribution in [0.4, 0.5) is 5.82 Å². The number of thioether (sulfide) groups is 1. The molecule has 162 valence electrons. The molecule has 1 aliphatic heterocycles. The monoisotopic (exact) mass is 461 g/mol. The summed E-state index contributed by atoms with van der Waals surface area (Å²) >= 11 is 3.12. The maximum absolute atomic E-state index is 12.9. The van der Waals surface area contributed by atoms with E-state index in [1.807, 2.05) is 23.1 Å². The number of piperazine rings is 1. The number of hydrogen-bond donors (Lipinski definition) is 0. The quantitative estimate of drug-likeness (QED) is 0.322. The molecule has 1 amide bonds. The number of hydrogen-bond acceptors (Lipinski definition) is 7. The van der Waals surface area contributed by atoms with Crippen molar-refractivity contribution in [2.45, 2.75) is 11.9 Å². The number of anilines is 1. The van der Waals surface area contributed by atoms with Gasteiger partial charge in [0.2, 0.25) is 5.91 Å². The number of rotatable bonds is 5. The van der Waals surface area contributed by atoms with Crippen molar-refractivity contribution < 1.29 is 4.79 Å². The number of aryl methyl sites for hydroxylation is 1. The van der Waals surface area contributed by atoms with E-state index in [0.29, 0.717) is 18.8 Å². The average molecular weight is 462 g/mol. The second kappa shape index (κ2) is 9.26. The predicted octanol–water partition coefficient (Wildman–Crippen LogP) is 4.50. The molecule has 1 aliphatic rings. The second-order valence-corrected chi connectivity index (χ2v) is 9.54. The molecule has 1 saturated heterocycles. The van der Waals surface area contributed by atoms with Gasteiger partial charge in [-0.1, -0.05) is 47.7 Å². The number of pyridine rings is 1. The van der Waals surface area contributed by atoms with E-state index in [1.165, 1.54) is 17.3 Å². The van der Waals surface area contributed by atoms with Crippen molar-refractivity contribution in [2.24, 2.45) is 0 Å². The summed E-state index contributed by atoms with van der Waals surface area (Å²) in [7, 11) is 0. The summed E-state index contributed by atoms with van der Waals surface area (Å²) in [5, 5.41) is 4.04. The lowest BCUT2D eigenvalue weighted by atomic mass is 10.1. The van der Waals surface area contributed by atoms with Gasteiger partial charge in [-0.15, -0.1) is 11.3 Å². The first kappa shape index (κ1) is 20.9. The van der Waals surface area contributed by atoms with Crippen LogP contribution in [0.2, 0.25) is 0 Å². The Bertz CT molecular complexity index is 1220. The van der Waals surface area contributed by atoms with Crippen LogP contribution >= 0.6 is 23.1 Å². The lowest BCUT2D eigenvalue weighted by molar-refractivity contribution is -0.128. The van der Waals surface area contributed by atoms with Crippen LogP contribution in [0.3, 0.4) is 0 Å². The van der Waals surface area contributed by atoms with E-state index in [4.69, 9.17) is 0 Å². The van der Waals surface area contributed by atoms with Gasteiger partial charge in [0.1, 0.15) is 22.0 Å². The zero-order valence-corrected chi connectivity index (χ0v) is 19.4. The fraction of sp³-hybridized carbons (Fsp3) is 0.250. The van der Waals surface area contributed by atoms with Crippen molar-refractivity contribution in [1.29, 1.82) is 0 Å². The van der Waals surface area contributed by atoms with E-state index >= 15 is 0 Å². The number of nitrogens with zero attached hydrogens (tertiary/aromatic N) is 5. The molecule has 0 aliphatic carbocycles. The molecule has 0 saturated carbocycles. The molecule has 32 heavy (non-hydrogen) atoms. The highest BCUT2D eigenvalue weighted by Gasteiger charge is 2.22. The summed E-state index contributed by atoms with van der Waals surface area (Å²) < 4.78 is 0. The zero-order valence-electron chi connectivity index (χ0n) is 17.8. The molecule has 0 N–H and O–H groups in total. The molecular weight excluding hydrogens is 438 g/mol. The third-order valence-electron chi connectivity index (χ3n) is 5.64. The van der Waals surface area contributed by atoms with Crippen molar-refractivity contribution in [2.75, 3.05) is 36.8 Å². The van der Waals surface area contributed by atoms with Crippen molar-refractivity contribution in [3.05, 3.63) is 65.9 Å². The zero-order chi connectivity index (χ0) is 21.9. The van der Waals surface area contributed by atoms with Crippen LogP contribution < -0.4 is 4.90 Å². The van der Waals surface area contributed by atoms with Crippen LogP contribution in [0, 0.1) is 6.92 Å². The summed E-state index contributed by atoms with van der Waals surface area (Å²) in [6.45, 7) is 5.10. The van der Waals surface area contributed by atoms with Gasteiger partial charge in [-0.05, 0) is 24.6 Å². The van der Waals surface area contributed by atoms with Gasteiger partial charge in [0.05, 0.1) is 11.1 Å². The normalized spacial score (nSPS) is 14.2. The van der Waals surface area contributed by atoms with E-state index in [-0.39, 0.29) is 5.91 Å². The highest BCUT2D eigenvalue weighted by Crippen LogP contribution is 2.38.